The topological polar surface area (TPSA) is 41.1 Å². The van der Waals surface area contributed by atoms with Crippen molar-refractivity contribution < 1.29 is 9.18 Å². The molecule has 100 valence electrons. The molecular formula is C13H18BrFN2O. The Morgan fingerprint density at radius 3 is 2.83 bits per heavy atom. The first-order valence-electron chi connectivity index (χ1n) is 6.04. The molecule has 0 fully saturated rings. The van der Waals surface area contributed by atoms with Gasteiger partial charge in [-0.2, -0.15) is 0 Å². The molecule has 0 saturated heterocycles. The highest BCUT2D eigenvalue weighted by Gasteiger charge is 2.01. The molecule has 0 atom stereocenters. The number of benzene rings is 1. The number of nitrogens with one attached hydrogen (secondary N) is 2. The van der Waals surface area contributed by atoms with E-state index in [-0.39, 0.29) is 11.7 Å². The Labute approximate surface area is 115 Å². The molecule has 1 rings (SSSR count). The molecule has 0 heterocycles. The third-order valence-corrected chi connectivity index (χ3v) is 3.02. The van der Waals surface area contributed by atoms with Gasteiger partial charge in [-0.05, 0) is 40.0 Å². The molecule has 0 aliphatic rings. The monoisotopic (exact) mass is 316 g/mol. The van der Waals surface area contributed by atoms with Crippen molar-refractivity contribution in [1.82, 2.24) is 10.6 Å². The molecule has 0 unspecified atom stereocenters. The lowest BCUT2D eigenvalue weighted by Crippen LogP contribution is -2.28. The van der Waals surface area contributed by atoms with E-state index in [9.17, 15) is 9.18 Å². The standard InChI is InChI=1S/C13H18BrFN2O/c1-2-6-17-13(18)5-7-16-9-10-3-4-12(15)11(14)8-10/h3-4,8,16H,2,5-7,9H2,1H3,(H,17,18). The quantitative estimate of drug-likeness (QED) is 0.759. The first kappa shape index (κ1) is 15.1. The number of carbonyl (C=O) groups excluding carboxylic acids is 1. The molecule has 0 aromatic heterocycles. The molecule has 2 N–H and O–H groups in total. The van der Waals surface area contributed by atoms with E-state index in [0.29, 0.717) is 24.0 Å². The smallest absolute Gasteiger partial charge is 0.221 e. The summed E-state index contributed by atoms with van der Waals surface area (Å²) >= 11 is 3.14. The molecule has 1 aromatic rings. The molecule has 0 bridgehead atoms. The molecule has 3 nitrogen and oxygen atoms in total. The van der Waals surface area contributed by atoms with Gasteiger partial charge in [0.05, 0.1) is 4.47 Å². The van der Waals surface area contributed by atoms with Crippen molar-refractivity contribution in [3.63, 3.8) is 0 Å². The summed E-state index contributed by atoms with van der Waals surface area (Å²) in [5.41, 5.74) is 0.984. The van der Waals surface area contributed by atoms with Crippen LogP contribution in [-0.2, 0) is 11.3 Å². The maximum atomic E-state index is 13.0. The summed E-state index contributed by atoms with van der Waals surface area (Å²) in [5.74, 6) is -0.206. The summed E-state index contributed by atoms with van der Waals surface area (Å²) in [6.07, 6.45) is 1.41. The molecule has 0 aliphatic heterocycles. The Balaban J connectivity index is 2.21. The summed E-state index contributed by atoms with van der Waals surface area (Å²) in [7, 11) is 0. The predicted molar refractivity (Wildman–Crippen MR) is 73.7 cm³/mol. The maximum Gasteiger partial charge on any atom is 0.221 e. The van der Waals surface area contributed by atoms with E-state index in [1.165, 1.54) is 6.07 Å². The van der Waals surface area contributed by atoms with Gasteiger partial charge >= 0.3 is 0 Å². The van der Waals surface area contributed by atoms with Gasteiger partial charge in [-0.25, -0.2) is 4.39 Å². The van der Waals surface area contributed by atoms with Crippen LogP contribution < -0.4 is 10.6 Å². The fourth-order valence-electron chi connectivity index (χ4n) is 1.44. The summed E-state index contributed by atoms with van der Waals surface area (Å²) in [5, 5.41) is 5.96. The van der Waals surface area contributed by atoms with Gasteiger partial charge in [0.2, 0.25) is 5.91 Å². The molecule has 18 heavy (non-hydrogen) atoms. The van der Waals surface area contributed by atoms with Crippen LogP contribution in [0.25, 0.3) is 0 Å². The first-order valence-corrected chi connectivity index (χ1v) is 6.84. The third kappa shape index (κ3) is 5.60. The van der Waals surface area contributed by atoms with Gasteiger partial charge in [-0.1, -0.05) is 13.0 Å². The van der Waals surface area contributed by atoms with Crippen LogP contribution >= 0.6 is 15.9 Å². The molecule has 0 radical (unpaired) electrons. The van der Waals surface area contributed by atoms with Gasteiger partial charge in [0.15, 0.2) is 0 Å². The van der Waals surface area contributed by atoms with Gasteiger partial charge < -0.3 is 10.6 Å². The zero-order chi connectivity index (χ0) is 13.4. The van der Waals surface area contributed by atoms with Crippen LogP contribution in [-0.4, -0.2) is 19.0 Å². The maximum absolute atomic E-state index is 13.0. The van der Waals surface area contributed by atoms with E-state index in [4.69, 9.17) is 0 Å². The molecular weight excluding hydrogens is 299 g/mol. The van der Waals surface area contributed by atoms with Crippen molar-refractivity contribution in [2.24, 2.45) is 0 Å². The summed E-state index contributed by atoms with van der Waals surface area (Å²) in [6.45, 7) is 3.99. The SMILES string of the molecule is CCCNC(=O)CCNCc1ccc(F)c(Br)c1. The van der Waals surface area contributed by atoms with Crippen LogP contribution in [0, 0.1) is 5.82 Å². The Kier molecular flexibility index (Phi) is 6.90. The average molecular weight is 317 g/mol. The van der Waals surface area contributed by atoms with E-state index in [0.717, 1.165) is 18.5 Å². The Morgan fingerprint density at radius 2 is 2.17 bits per heavy atom. The molecule has 0 saturated carbocycles. The van der Waals surface area contributed by atoms with Gasteiger partial charge in [-0.15, -0.1) is 0 Å². The normalized spacial score (nSPS) is 10.4. The van der Waals surface area contributed by atoms with Crippen LogP contribution in [0.2, 0.25) is 0 Å². The zero-order valence-electron chi connectivity index (χ0n) is 10.4. The second kappa shape index (κ2) is 8.21. The average Bonchev–Trinajstić information content (AvgIpc) is 2.36. The Bertz CT molecular complexity index is 399. The van der Waals surface area contributed by atoms with Gasteiger partial charge in [-0.3, -0.25) is 4.79 Å². The van der Waals surface area contributed by atoms with Crippen LogP contribution in [0.1, 0.15) is 25.3 Å². The highest BCUT2D eigenvalue weighted by molar-refractivity contribution is 9.10. The summed E-state index contributed by atoms with van der Waals surface area (Å²) < 4.78 is 13.5. The number of hydrogen-bond donors (Lipinski definition) is 2. The van der Waals surface area contributed by atoms with Crippen molar-refractivity contribution in [2.45, 2.75) is 26.3 Å². The van der Waals surface area contributed by atoms with E-state index in [1.54, 1.807) is 12.1 Å². The largest absolute Gasteiger partial charge is 0.356 e. The van der Waals surface area contributed by atoms with Crippen molar-refractivity contribution >= 4 is 21.8 Å². The predicted octanol–water partition coefficient (Wildman–Crippen LogP) is 2.59. The second-order valence-corrected chi connectivity index (χ2v) is 4.88. The van der Waals surface area contributed by atoms with Crippen molar-refractivity contribution in [1.29, 1.82) is 0 Å². The van der Waals surface area contributed by atoms with Gasteiger partial charge in [0.1, 0.15) is 5.82 Å². The summed E-state index contributed by atoms with van der Waals surface area (Å²) in [4.78, 5) is 11.3. The lowest BCUT2D eigenvalue weighted by Gasteiger charge is -2.06. The second-order valence-electron chi connectivity index (χ2n) is 4.03. The van der Waals surface area contributed by atoms with Crippen LogP contribution in [0.5, 0.6) is 0 Å². The molecule has 1 amide bonds. The van der Waals surface area contributed by atoms with Gasteiger partial charge in [0.25, 0.3) is 0 Å². The number of rotatable bonds is 7. The lowest BCUT2D eigenvalue weighted by atomic mass is 10.2. The zero-order valence-corrected chi connectivity index (χ0v) is 12.0. The number of carbonyl (C=O) groups is 1. The van der Waals surface area contributed by atoms with Crippen molar-refractivity contribution in [2.75, 3.05) is 13.1 Å². The van der Waals surface area contributed by atoms with Crippen molar-refractivity contribution in [3.8, 4) is 0 Å². The lowest BCUT2D eigenvalue weighted by molar-refractivity contribution is -0.120. The summed E-state index contributed by atoms with van der Waals surface area (Å²) in [6, 6.07) is 4.89. The highest BCUT2D eigenvalue weighted by Crippen LogP contribution is 2.16. The van der Waals surface area contributed by atoms with E-state index in [2.05, 4.69) is 26.6 Å². The first-order chi connectivity index (χ1) is 8.63. The fraction of sp³-hybridized carbons (Fsp3) is 0.462. The van der Waals surface area contributed by atoms with Crippen LogP contribution in [0.15, 0.2) is 22.7 Å². The molecule has 1 aromatic carbocycles. The minimum absolute atomic E-state index is 0.0598. The van der Waals surface area contributed by atoms with Crippen LogP contribution in [0.4, 0.5) is 4.39 Å². The van der Waals surface area contributed by atoms with Gasteiger partial charge in [0, 0.05) is 26.1 Å². The highest BCUT2D eigenvalue weighted by atomic mass is 79.9. The number of halogens is 2. The Hall–Kier alpha value is -0.940. The minimum atomic E-state index is -0.266. The Morgan fingerprint density at radius 1 is 1.39 bits per heavy atom. The molecule has 0 aliphatic carbocycles. The van der Waals surface area contributed by atoms with Crippen molar-refractivity contribution in [3.05, 3.63) is 34.1 Å². The minimum Gasteiger partial charge on any atom is -0.356 e. The fourth-order valence-corrected chi connectivity index (χ4v) is 1.86. The van der Waals surface area contributed by atoms with E-state index in [1.807, 2.05) is 6.92 Å². The van der Waals surface area contributed by atoms with E-state index < -0.39 is 0 Å². The molecule has 0 spiro atoms. The van der Waals surface area contributed by atoms with Crippen LogP contribution in [0.3, 0.4) is 0 Å². The number of amides is 1. The van der Waals surface area contributed by atoms with E-state index >= 15 is 0 Å². The number of hydrogen-bond acceptors (Lipinski definition) is 2. The molecule has 5 heteroatoms. The third-order valence-electron chi connectivity index (χ3n) is 2.41.